The normalized spacial score (nSPS) is 15.7. The monoisotopic (exact) mass is 430 g/mol. The fourth-order valence-electron chi connectivity index (χ4n) is 4.38. The van der Waals surface area contributed by atoms with Crippen LogP contribution in [0.3, 0.4) is 0 Å². The Morgan fingerprint density at radius 3 is 2.56 bits per heavy atom. The molecule has 32 heavy (non-hydrogen) atoms. The molecule has 3 heterocycles. The molecule has 0 aliphatic carbocycles. The standard InChI is InChI=1S/C25H26N4O3/c26-25-27-20(8-6-17-4-2-1-3-5-17)15-21(28-25)18-10-12-29(13-11-18)24(30)19-7-9-22-23(14-19)32-16-31-22/h1-5,7,9,14-15,18H,6,8,10-13,16H2,(H2,26,27,28). The van der Waals surface area contributed by atoms with E-state index >= 15 is 0 Å². The van der Waals surface area contributed by atoms with Crippen LogP contribution >= 0.6 is 0 Å². The molecule has 1 amide bonds. The molecule has 0 unspecified atom stereocenters. The predicted molar refractivity (Wildman–Crippen MR) is 121 cm³/mol. The number of carbonyl (C=O) groups is 1. The number of aryl methyl sites for hydroxylation is 2. The molecular formula is C25H26N4O3. The number of hydrogen-bond donors (Lipinski definition) is 1. The van der Waals surface area contributed by atoms with Gasteiger partial charge in [0.1, 0.15) is 0 Å². The molecule has 0 radical (unpaired) electrons. The number of rotatable bonds is 5. The van der Waals surface area contributed by atoms with E-state index < -0.39 is 0 Å². The second-order valence-corrected chi connectivity index (χ2v) is 8.26. The molecule has 1 aromatic heterocycles. The molecule has 5 rings (SSSR count). The van der Waals surface area contributed by atoms with E-state index in [-0.39, 0.29) is 18.6 Å². The highest BCUT2D eigenvalue weighted by atomic mass is 16.7. The molecule has 1 saturated heterocycles. The Labute approximate surface area is 187 Å². The highest BCUT2D eigenvalue weighted by Gasteiger charge is 2.27. The van der Waals surface area contributed by atoms with Crippen molar-refractivity contribution in [3.05, 3.63) is 77.1 Å². The number of amides is 1. The SMILES string of the molecule is Nc1nc(CCc2ccccc2)cc(C2CCN(C(=O)c3ccc4c(c3)OCO4)CC2)n1. The van der Waals surface area contributed by atoms with Crippen LogP contribution in [0.2, 0.25) is 0 Å². The van der Waals surface area contributed by atoms with Crippen LogP contribution in [-0.2, 0) is 12.8 Å². The average Bonchev–Trinajstić information content (AvgIpc) is 3.31. The van der Waals surface area contributed by atoms with Crippen molar-refractivity contribution in [3.63, 3.8) is 0 Å². The summed E-state index contributed by atoms with van der Waals surface area (Å²) in [5.41, 5.74) is 9.88. The van der Waals surface area contributed by atoms with Crippen LogP contribution in [0.5, 0.6) is 11.5 Å². The van der Waals surface area contributed by atoms with Crippen LogP contribution in [0.15, 0.2) is 54.6 Å². The molecule has 2 aromatic carbocycles. The number of anilines is 1. The molecule has 164 valence electrons. The number of aromatic nitrogens is 2. The van der Waals surface area contributed by atoms with Crippen molar-refractivity contribution < 1.29 is 14.3 Å². The summed E-state index contributed by atoms with van der Waals surface area (Å²) in [5, 5.41) is 0. The van der Waals surface area contributed by atoms with Crippen LogP contribution in [0.25, 0.3) is 0 Å². The largest absolute Gasteiger partial charge is 0.454 e. The molecule has 2 aliphatic rings. The highest BCUT2D eigenvalue weighted by Crippen LogP contribution is 2.34. The summed E-state index contributed by atoms with van der Waals surface area (Å²) in [6.07, 6.45) is 3.44. The maximum Gasteiger partial charge on any atom is 0.253 e. The zero-order chi connectivity index (χ0) is 21.9. The van der Waals surface area contributed by atoms with Gasteiger partial charge < -0.3 is 20.1 Å². The lowest BCUT2D eigenvalue weighted by atomic mass is 9.92. The summed E-state index contributed by atoms with van der Waals surface area (Å²) in [7, 11) is 0. The maximum absolute atomic E-state index is 13.0. The van der Waals surface area contributed by atoms with Crippen molar-refractivity contribution in [3.8, 4) is 11.5 Å². The van der Waals surface area contributed by atoms with Gasteiger partial charge in [0, 0.05) is 36.0 Å². The fraction of sp³-hybridized carbons (Fsp3) is 0.320. The number of nitrogen functional groups attached to an aromatic ring is 1. The van der Waals surface area contributed by atoms with E-state index in [9.17, 15) is 4.79 Å². The van der Waals surface area contributed by atoms with Gasteiger partial charge in [-0.1, -0.05) is 30.3 Å². The van der Waals surface area contributed by atoms with Crippen molar-refractivity contribution in [1.29, 1.82) is 0 Å². The number of nitrogens with two attached hydrogens (primary N) is 1. The first kappa shape index (κ1) is 20.3. The number of hydrogen-bond acceptors (Lipinski definition) is 6. The summed E-state index contributed by atoms with van der Waals surface area (Å²) >= 11 is 0. The van der Waals surface area contributed by atoms with Crippen LogP contribution in [-0.4, -0.2) is 40.7 Å². The van der Waals surface area contributed by atoms with Crippen molar-refractivity contribution in [2.75, 3.05) is 25.6 Å². The lowest BCUT2D eigenvalue weighted by Crippen LogP contribution is -2.38. The third kappa shape index (κ3) is 4.37. The summed E-state index contributed by atoms with van der Waals surface area (Å²) in [5.74, 6) is 1.93. The zero-order valence-corrected chi connectivity index (χ0v) is 17.9. The number of ether oxygens (including phenoxy) is 2. The van der Waals surface area contributed by atoms with Gasteiger partial charge in [0.05, 0.1) is 0 Å². The van der Waals surface area contributed by atoms with E-state index in [1.807, 2.05) is 23.1 Å². The van der Waals surface area contributed by atoms with E-state index in [4.69, 9.17) is 15.2 Å². The Bertz CT molecular complexity index is 1110. The molecule has 2 aliphatic heterocycles. The zero-order valence-electron chi connectivity index (χ0n) is 17.9. The number of carbonyl (C=O) groups excluding carboxylic acids is 1. The maximum atomic E-state index is 13.0. The molecule has 7 nitrogen and oxygen atoms in total. The van der Waals surface area contributed by atoms with E-state index in [2.05, 4.69) is 28.2 Å². The van der Waals surface area contributed by atoms with Crippen molar-refractivity contribution >= 4 is 11.9 Å². The first-order valence-corrected chi connectivity index (χ1v) is 11.0. The molecule has 3 aromatic rings. The number of piperidine rings is 1. The van der Waals surface area contributed by atoms with Gasteiger partial charge in [-0.05, 0) is 55.5 Å². The van der Waals surface area contributed by atoms with Gasteiger partial charge in [-0.25, -0.2) is 9.97 Å². The quantitative estimate of drug-likeness (QED) is 0.665. The first-order valence-electron chi connectivity index (χ1n) is 11.0. The lowest BCUT2D eigenvalue weighted by Gasteiger charge is -2.32. The van der Waals surface area contributed by atoms with E-state index in [0.717, 1.165) is 37.1 Å². The Morgan fingerprint density at radius 1 is 0.969 bits per heavy atom. The summed E-state index contributed by atoms with van der Waals surface area (Å²) in [6.45, 7) is 1.57. The van der Waals surface area contributed by atoms with Crippen LogP contribution in [0.4, 0.5) is 5.95 Å². The molecular weight excluding hydrogens is 404 g/mol. The first-order chi connectivity index (χ1) is 15.7. The molecule has 0 bridgehead atoms. The van der Waals surface area contributed by atoms with Gasteiger partial charge in [0.15, 0.2) is 11.5 Å². The highest BCUT2D eigenvalue weighted by molar-refractivity contribution is 5.95. The predicted octanol–water partition coefficient (Wildman–Crippen LogP) is 3.59. The number of fused-ring (bicyclic) bond motifs is 1. The lowest BCUT2D eigenvalue weighted by molar-refractivity contribution is 0.0711. The van der Waals surface area contributed by atoms with Crippen molar-refractivity contribution in [2.45, 2.75) is 31.6 Å². The minimum Gasteiger partial charge on any atom is -0.454 e. The van der Waals surface area contributed by atoms with Gasteiger partial charge in [0.25, 0.3) is 5.91 Å². The summed E-state index contributed by atoms with van der Waals surface area (Å²) in [6, 6.07) is 17.8. The smallest absolute Gasteiger partial charge is 0.253 e. The summed E-state index contributed by atoms with van der Waals surface area (Å²) in [4.78, 5) is 23.8. The van der Waals surface area contributed by atoms with E-state index in [0.29, 0.717) is 36.1 Å². The number of benzene rings is 2. The molecule has 7 heteroatoms. The van der Waals surface area contributed by atoms with Gasteiger partial charge in [0.2, 0.25) is 12.7 Å². The molecule has 0 saturated carbocycles. The van der Waals surface area contributed by atoms with Gasteiger partial charge >= 0.3 is 0 Å². The Hall–Kier alpha value is -3.61. The van der Waals surface area contributed by atoms with Gasteiger partial charge in [-0.3, -0.25) is 4.79 Å². The minimum absolute atomic E-state index is 0.0208. The Morgan fingerprint density at radius 2 is 1.75 bits per heavy atom. The van der Waals surface area contributed by atoms with Crippen molar-refractivity contribution in [2.24, 2.45) is 0 Å². The summed E-state index contributed by atoms with van der Waals surface area (Å²) < 4.78 is 10.7. The fourth-order valence-corrected chi connectivity index (χ4v) is 4.38. The Kier molecular flexibility index (Phi) is 5.62. The second kappa shape index (κ2) is 8.86. The third-order valence-corrected chi connectivity index (χ3v) is 6.15. The number of nitrogens with zero attached hydrogens (tertiary/aromatic N) is 3. The van der Waals surface area contributed by atoms with Crippen LogP contribution in [0.1, 0.15) is 46.1 Å². The van der Waals surface area contributed by atoms with E-state index in [1.165, 1.54) is 5.56 Å². The molecule has 1 fully saturated rings. The molecule has 2 N–H and O–H groups in total. The molecule has 0 spiro atoms. The third-order valence-electron chi connectivity index (χ3n) is 6.15. The van der Waals surface area contributed by atoms with Gasteiger partial charge in [-0.15, -0.1) is 0 Å². The number of likely N-dealkylation sites (tertiary alicyclic amines) is 1. The Balaban J connectivity index is 1.22. The second-order valence-electron chi connectivity index (χ2n) is 8.26. The average molecular weight is 431 g/mol. The topological polar surface area (TPSA) is 90.6 Å². The molecule has 0 atom stereocenters. The van der Waals surface area contributed by atoms with E-state index in [1.54, 1.807) is 18.2 Å². The van der Waals surface area contributed by atoms with Gasteiger partial charge in [-0.2, -0.15) is 0 Å². The van der Waals surface area contributed by atoms with Crippen LogP contribution in [0, 0.1) is 0 Å². The van der Waals surface area contributed by atoms with Crippen molar-refractivity contribution in [1.82, 2.24) is 14.9 Å². The van der Waals surface area contributed by atoms with Crippen LogP contribution < -0.4 is 15.2 Å². The minimum atomic E-state index is 0.0208.